The molecule has 0 spiro atoms. The third kappa shape index (κ3) is 5.24. The van der Waals surface area contributed by atoms with Crippen molar-refractivity contribution in [3.8, 4) is 22.5 Å². The van der Waals surface area contributed by atoms with Gasteiger partial charge in [0.25, 0.3) is 0 Å². The van der Waals surface area contributed by atoms with Crippen molar-refractivity contribution in [3.63, 3.8) is 0 Å². The Labute approximate surface area is 200 Å². The highest BCUT2D eigenvalue weighted by Gasteiger charge is 2.30. The Morgan fingerprint density at radius 1 is 1.21 bits per heavy atom. The summed E-state index contributed by atoms with van der Waals surface area (Å²) in [5, 5.41) is 26.4. The molecule has 2 aromatic heterocycles. The van der Waals surface area contributed by atoms with E-state index in [0.717, 1.165) is 28.2 Å². The summed E-state index contributed by atoms with van der Waals surface area (Å²) in [6, 6.07) is 9.28. The molecule has 10 nitrogen and oxygen atoms in total. The van der Waals surface area contributed by atoms with Crippen molar-refractivity contribution < 1.29 is 24.5 Å². The Bertz CT molecular complexity index is 1130. The number of halogens is 1. The van der Waals surface area contributed by atoms with Crippen molar-refractivity contribution in [2.24, 2.45) is 0 Å². The van der Waals surface area contributed by atoms with Crippen LogP contribution in [-0.4, -0.2) is 79.6 Å². The lowest BCUT2D eigenvalue weighted by molar-refractivity contribution is -0.157. The van der Waals surface area contributed by atoms with E-state index in [9.17, 15) is 9.59 Å². The fourth-order valence-corrected chi connectivity index (χ4v) is 4.17. The van der Waals surface area contributed by atoms with Crippen LogP contribution in [0.3, 0.4) is 0 Å². The predicted octanol–water partition coefficient (Wildman–Crippen LogP) is 2.36. The second-order valence-corrected chi connectivity index (χ2v) is 8.37. The second-order valence-electron chi connectivity index (χ2n) is 7.94. The van der Waals surface area contributed by atoms with Crippen LogP contribution in [0.1, 0.15) is 24.5 Å². The minimum atomic E-state index is -1.41. The maximum absolute atomic E-state index is 12.5. The Balaban J connectivity index is 1.50. The molecule has 1 aliphatic rings. The van der Waals surface area contributed by atoms with Gasteiger partial charge in [0.2, 0.25) is 5.91 Å². The first-order valence-electron chi connectivity index (χ1n) is 10.8. The minimum Gasteiger partial charge on any atom is -0.479 e. The largest absolute Gasteiger partial charge is 0.479 e. The number of nitrogens with one attached hydrogen (secondary N) is 1. The average molecular weight is 486 g/mol. The molecule has 34 heavy (non-hydrogen) atoms. The number of carbonyl (C=O) groups excluding carboxylic acids is 1. The molecule has 3 aromatic rings. The summed E-state index contributed by atoms with van der Waals surface area (Å²) in [5.41, 5.74) is 4.26. The summed E-state index contributed by atoms with van der Waals surface area (Å²) in [6.07, 6.45) is 3.15. The number of aliphatic hydroxyl groups is 1. The highest BCUT2D eigenvalue weighted by atomic mass is 35.5. The monoisotopic (exact) mass is 485 g/mol. The van der Waals surface area contributed by atoms with Gasteiger partial charge in [0.1, 0.15) is 18.6 Å². The molecule has 1 fully saturated rings. The lowest BCUT2D eigenvalue weighted by atomic mass is 9.89. The van der Waals surface area contributed by atoms with Crippen molar-refractivity contribution in [3.05, 3.63) is 53.6 Å². The zero-order valence-electron chi connectivity index (χ0n) is 18.2. The molecule has 1 aromatic carbocycles. The first kappa shape index (κ1) is 23.8. The molecule has 1 atom stereocenters. The molecule has 1 amide bonds. The molecule has 3 N–H and O–H groups in total. The molecule has 1 saturated heterocycles. The Hall–Kier alpha value is -3.34. The molecule has 3 heterocycles. The van der Waals surface area contributed by atoms with Gasteiger partial charge in [-0.3, -0.25) is 9.89 Å². The molecule has 1 aliphatic heterocycles. The van der Waals surface area contributed by atoms with Crippen LogP contribution in [0.5, 0.6) is 0 Å². The SMILES string of the molecule is O=C(O)[C@@H](CO)OCC(=O)N1CCC(c2[nH]nc(-c3ccc(Cl)cc3)c2-c2ccncn2)CC1. The van der Waals surface area contributed by atoms with E-state index in [0.29, 0.717) is 31.0 Å². The highest BCUT2D eigenvalue weighted by Crippen LogP contribution is 2.39. The Kier molecular flexibility index (Phi) is 7.51. The maximum atomic E-state index is 12.5. The number of benzene rings is 1. The molecule has 0 radical (unpaired) electrons. The van der Waals surface area contributed by atoms with Crippen molar-refractivity contribution in [1.82, 2.24) is 25.1 Å². The summed E-state index contributed by atoms with van der Waals surface area (Å²) in [4.78, 5) is 33.5. The van der Waals surface area contributed by atoms with Gasteiger partial charge in [0.15, 0.2) is 6.10 Å². The number of ether oxygens (including phenoxy) is 1. The third-order valence-electron chi connectivity index (χ3n) is 5.86. The van der Waals surface area contributed by atoms with Gasteiger partial charge >= 0.3 is 5.97 Å². The normalized spacial score (nSPS) is 15.3. The smallest absolute Gasteiger partial charge is 0.335 e. The highest BCUT2D eigenvalue weighted by molar-refractivity contribution is 6.30. The number of aromatic nitrogens is 4. The van der Waals surface area contributed by atoms with Gasteiger partial charge < -0.3 is 19.8 Å². The van der Waals surface area contributed by atoms with Crippen LogP contribution < -0.4 is 0 Å². The number of aliphatic carboxylic acids is 1. The fraction of sp³-hybridized carbons (Fsp3) is 0.348. The maximum Gasteiger partial charge on any atom is 0.335 e. The molecule has 11 heteroatoms. The van der Waals surface area contributed by atoms with Gasteiger partial charge in [-0.05, 0) is 31.0 Å². The number of amides is 1. The first-order valence-corrected chi connectivity index (χ1v) is 11.2. The summed E-state index contributed by atoms with van der Waals surface area (Å²) in [7, 11) is 0. The van der Waals surface area contributed by atoms with Crippen LogP contribution in [0.15, 0.2) is 42.9 Å². The number of nitrogens with zero attached hydrogens (tertiary/aromatic N) is 4. The van der Waals surface area contributed by atoms with Crippen LogP contribution in [0.4, 0.5) is 0 Å². The number of H-pyrrole nitrogens is 1. The minimum absolute atomic E-state index is 0.118. The van der Waals surface area contributed by atoms with E-state index in [2.05, 4.69) is 20.2 Å². The number of rotatable bonds is 8. The number of aromatic amines is 1. The molecular weight excluding hydrogens is 462 g/mol. The number of hydrogen-bond acceptors (Lipinski definition) is 7. The van der Waals surface area contributed by atoms with Crippen molar-refractivity contribution in [2.45, 2.75) is 24.9 Å². The Morgan fingerprint density at radius 3 is 2.56 bits per heavy atom. The lowest BCUT2D eigenvalue weighted by Gasteiger charge is -2.32. The number of carboxylic acids is 1. The van der Waals surface area contributed by atoms with Gasteiger partial charge in [-0.15, -0.1) is 0 Å². The van der Waals surface area contributed by atoms with Gasteiger partial charge in [-0.2, -0.15) is 5.10 Å². The standard InChI is InChI=1S/C23H24ClN5O5/c24-16-3-1-14(2-4-16)21-20(17-5-8-25-13-26-17)22(28-27-21)15-6-9-29(10-7-15)19(31)12-34-18(11-30)23(32)33/h1-5,8,13,15,18,30H,6-7,9-12H2,(H,27,28)(H,32,33)/t18-/m1/s1. The molecule has 4 rings (SSSR count). The first-order chi connectivity index (χ1) is 16.5. The second kappa shape index (κ2) is 10.7. The van der Waals surface area contributed by atoms with Crippen molar-refractivity contribution in [1.29, 1.82) is 0 Å². The lowest BCUT2D eigenvalue weighted by Crippen LogP contribution is -2.41. The molecule has 0 bridgehead atoms. The number of piperidine rings is 1. The summed E-state index contributed by atoms with van der Waals surface area (Å²) >= 11 is 6.05. The predicted molar refractivity (Wildman–Crippen MR) is 123 cm³/mol. The van der Waals surface area contributed by atoms with E-state index < -0.39 is 18.7 Å². The van der Waals surface area contributed by atoms with E-state index in [4.69, 9.17) is 26.6 Å². The van der Waals surface area contributed by atoms with Gasteiger partial charge in [0, 0.05) is 47.0 Å². The topological polar surface area (TPSA) is 142 Å². The number of likely N-dealkylation sites (tertiary alicyclic amines) is 1. The zero-order chi connectivity index (χ0) is 24.1. The zero-order valence-corrected chi connectivity index (χ0v) is 19.0. The van der Waals surface area contributed by atoms with E-state index in [-0.39, 0.29) is 18.4 Å². The van der Waals surface area contributed by atoms with Gasteiger partial charge in [-0.25, -0.2) is 14.8 Å². The summed E-state index contributed by atoms with van der Waals surface area (Å²) < 4.78 is 5.04. The number of carbonyl (C=O) groups is 2. The van der Waals surface area contributed by atoms with Crippen LogP contribution in [0.2, 0.25) is 5.02 Å². The quantitative estimate of drug-likeness (QED) is 0.441. The molecule has 178 valence electrons. The van der Waals surface area contributed by atoms with Crippen molar-refractivity contribution >= 4 is 23.5 Å². The molecular formula is C23H24ClN5O5. The summed E-state index contributed by atoms with van der Waals surface area (Å²) in [6.45, 7) is -0.101. The summed E-state index contributed by atoms with van der Waals surface area (Å²) in [5.74, 6) is -1.49. The Morgan fingerprint density at radius 2 is 1.94 bits per heavy atom. The fourth-order valence-electron chi connectivity index (χ4n) is 4.05. The van der Waals surface area contributed by atoms with E-state index in [1.54, 1.807) is 11.1 Å². The third-order valence-corrected chi connectivity index (χ3v) is 6.11. The van der Waals surface area contributed by atoms with Crippen LogP contribution in [-0.2, 0) is 14.3 Å². The van der Waals surface area contributed by atoms with Crippen LogP contribution in [0.25, 0.3) is 22.5 Å². The van der Waals surface area contributed by atoms with Crippen LogP contribution in [0, 0.1) is 0 Å². The van der Waals surface area contributed by atoms with Gasteiger partial charge in [-0.1, -0.05) is 23.7 Å². The average Bonchev–Trinajstić information content (AvgIpc) is 3.30. The number of hydrogen-bond donors (Lipinski definition) is 3. The van der Waals surface area contributed by atoms with E-state index >= 15 is 0 Å². The molecule has 0 unspecified atom stereocenters. The molecule has 0 aliphatic carbocycles. The molecule has 0 saturated carbocycles. The number of aliphatic hydroxyl groups excluding tert-OH is 1. The van der Waals surface area contributed by atoms with Crippen molar-refractivity contribution in [2.75, 3.05) is 26.3 Å². The van der Waals surface area contributed by atoms with Crippen LogP contribution >= 0.6 is 11.6 Å². The van der Waals surface area contributed by atoms with E-state index in [1.165, 1.54) is 6.33 Å². The van der Waals surface area contributed by atoms with E-state index in [1.807, 2.05) is 30.3 Å². The van der Waals surface area contributed by atoms with Gasteiger partial charge in [0.05, 0.1) is 12.3 Å². The number of carboxylic acid groups (broad SMARTS) is 1.